The number of ether oxygens (including phenoxy) is 1. The number of benzene rings is 2. The molecule has 174 valence electrons. The van der Waals surface area contributed by atoms with Crippen LogP contribution in [0.5, 0.6) is 11.5 Å². The minimum atomic E-state index is -4.64. The lowest BCUT2D eigenvalue weighted by molar-refractivity contribution is -0.141. The van der Waals surface area contributed by atoms with Crippen molar-refractivity contribution in [3.05, 3.63) is 75.0 Å². The van der Waals surface area contributed by atoms with E-state index < -0.39 is 17.7 Å². The Labute approximate surface area is 199 Å². The highest BCUT2D eigenvalue weighted by Crippen LogP contribution is 2.36. The molecule has 0 aliphatic heterocycles. The molecule has 0 unspecified atom stereocenters. The second-order valence-corrected chi connectivity index (χ2v) is 7.80. The molecule has 0 saturated carbocycles. The van der Waals surface area contributed by atoms with Crippen LogP contribution in [0.25, 0.3) is 11.6 Å². The van der Waals surface area contributed by atoms with Crippen molar-refractivity contribution in [2.24, 2.45) is 7.05 Å². The van der Waals surface area contributed by atoms with Crippen molar-refractivity contribution < 1.29 is 26.7 Å². The number of nitrogens with zero attached hydrogens (tertiary/aromatic N) is 5. The number of aromatic nitrogens is 4. The molecule has 4 rings (SSSR count). The normalized spacial score (nSPS) is 11.5. The fourth-order valence-electron chi connectivity index (χ4n) is 3.00. The van der Waals surface area contributed by atoms with Crippen molar-refractivity contribution in [1.82, 2.24) is 20.0 Å². The Hall–Kier alpha value is -3.62. The van der Waals surface area contributed by atoms with Gasteiger partial charge in [0.1, 0.15) is 11.4 Å². The molecule has 2 aromatic carbocycles. The summed E-state index contributed by atoms with van der Waals surface area (Å²) in [5.74, 6) is -1.32. The molecule has 2 heterocycles. The van der Waals surface area contributed by atoms with Gasteiger partial charge in [-0.3, -0.25) is 4.68 Å². The van der Waals surface area contributed by atoms with Gasteiger partial charge in [-0.1, -0.05) is 29.3 Å². The molecular formula is C21H11Cl2F4N5O2. The zero-order chi connectivity index (χ0) is 24.6. The summed E-state index contributed by atoms with van der Waals surface area (Å²) in [6.07, 6.45) is -4.84. The second kappa shape index (κ2) is 8.96. The van der Waals surface area contributed by atoms with Crippen molar-refractivity contribution in [3.8, 4) is 29.2 Å². The van der Waals surface area contributed by atoms with Gasteiger partial charge in [0.15, 0.2) is 17.3 Å². The van der Waals surface area contributed by atoms with E-state index in [2.05, 4.69) is 15.3 Å². The smallest absolute Gasteiger partial charge is 0.435 e. The van der Waals surface area contributed by atoms with E-state index in [9.17, 15) is 13.2 Å². The summed E-state index contributed by atoms with van der Waals surface area (Å²) in [4.78, 5) is 0. The van der Waals surface area contributed by atoms with Crippen LogP contribution in [-0.4, -0.2) is 20.0 Å². The molecule has 0 atom stereocenters. The van der Waals surface area contributed by atoms with Gasteiger partial charge in [-0.2, -0.15) is 23.5 Å². The van der Waals surface area contributed by atoms with Gasteiger partial charge in [-0.05, 0) is 24.3 Å². The summed E-state index contributed by atoms with van der Waals surface area (Å²) in [5, 5.41) is 20.1. The van der Waals surface area contributed by atoms with Gasteiger partial charge in [-0.25, -0.2) is 4.39 Å². The summed E-state index contributed by atoms with van der Waals surface area (Å²) in [6, 6.07) is 9.60. The molecular weight excluding hydrogens is 501 g/mol. The quantitative estimate of drug-likeness (QED) is 0.297. The van der Waals surface area contributed by atoms with E-state index in [1.165, 1.54) is 37.4 Å². The van der Waals surface area contributed by atoms with Gasteiger partial charge in [0.05, 0.1) is 23.1 Å². The first-order valence-electron chi connectivity index (χ1n) is 9.34. The molecule has 0 amide bonds. The fraction of sp³-hybridized carbons (Fsp3) is 0.143. The number of halogens is 6. The van der Waals surface area contributed by atoms with Crippen LogP contribution in [0, 0.1) is 17.1 Å². The van der Waals surface area contributed by atoms with E-state index in [-0.39, 0.29) is 56.6 Å². The zero-order valence-electron chi connectivity index (χ0n) is 17.0. The predicted molar refractivity (Wildman–Crippen MR) is 112 cm³/mol. The monoisotopic (exact) mass is 511 g/mol. The number of aryl methyl sites for hydroxylation is 1. The Morgan fingerprint density at radius 1 is 1.15 bits per heavy atom. The zero-order valence-corrected chi connectivity index (χ0v) is 18.5. The number of alkyl halides is 3. The Kier molecular flexibility index (Phi) is 6.20. The highest BCUT2D eigenvalue weighted by Gasteiger charge is 2.35. The van der Waals surface area contributed by atoms with Crippen LogP contribution in [0.4, 0.5) is 17.6 Å². The van der Waals surface area contributed by atoms with Crippen molar-refractivity contribution >= 4 is 23.2 Å². The lowest BCUT2D eigenvalue weighted by Crippen LogP contribution is -2.06. The molecule has 4 aromatic rings. The van der Waals surface area contributed by atoms with Crippen LogP contribution in [0.1, 0.15) is 22.7 Å². The van der Waals surface area contributed by atoms with Gasteiger partial charge in [-0.15, -0.1) is 10.2 Å². The highest BCUT2D eigenvalue weighted by molar-refractivity contribution is 6.32. The van der Waals surface area contributed by atoms with Gasteiger partial charge in [0, 0.05) is 23.7 Å². The van der Waals surface area contributed by atoms with Crippen molar-refractivity contribution in [2.75, 3.05) is 0 Å². The lowest BCUT2D eigenvalue weighted by atomic mass is 10.1. The summed E-state index contributed by atoms with van der Waals surface area (Å²) < 4.78 is 65.8. The molecule has 0 radical (unpaired) electrons. The van der Waals surface area contributed by atoms with E-state index in [1.54, 1.807) is 0 Å². The molecule has 0 fully saturated rings. The van der Waals surface area contributed by atoms with Crippen LogP contribution in [0.15, 0.2) is 40.8 Å². The third-order valence-corrected chi connectivity index (χ3v) is 5.06. The maximum absolute atomic E-state index is 15.2. The van der Waals surface area contributed by atoms with Crippen molar-refractivity contribution in [2.45, 2.75) is 12.6 Å². The van der Waals surface area contributed by atoms with Gasteiger partial charge < -0.3 is 9.15 Å². The maximum Gasteiger partial charge on any atom is 0.435 e. The van der Waals surface area contributed by atoms with Crippen LogP contribution in [-0.2, 0) is 19.6 Å². The Balaban J connectivity index is 1.61. The van der Waals surface area contributed by atoms with Crippen molar-refractivity contribution in [3.63, 3.8) is 0 Å². The Bertz CT molecular complexity index is 1430. The van der Waals surface area contributed by atoms with Crippen LogP contribution < -0.4 is 4.74 Å². The SMILES string of the molecule is Cn1nc(C(F)(F)F)cc1-c1nnc(Cc2ccc(Cl)c(Oc3cc(Cl)cc(C#N)c3)c2F)o1. The van der Waals surface area contributed by atoms with E-state index in [1.807, 2.05) is 6.07 Å². The fourth-order valence-corrected chi connectivity index (χ4v) is 3.41. The van der Waals surface area contributed by atoms with Gasteiger partial charge in [0.2, 0.25) is 5.89 Å². The minimum Gasteiger partial charge on any atom is -0.453 e. The molecule has 0 N–H and O–H groups in total. The molecule has 13 heteroatoms. The first-order chi connectivity index (χ1) is 16.0. The van der Waals surface area contributed by atoms with Gasteiger partial charge >= 0.3 is 6.18 Å². The number of hydrogen-bond acceptors (Lipinski definition) is 6. The van der Waals surface area contributed by atoms with Crippen LogP contribution in [0.2, 0.25) is 10.0 Å². The highest BCUT2D eigenvalue weighted by atomic mass is 35.5. The van der Waals surface area contributed by atoms with E-state index in [4.69, 9.17) is 37.6 Å². The standard InChI is InChI=1S/C21H11Cl2F4N5O2/c1-32-15(8-16(31-32)21(25,26)27)20-30-29-17(34-20)6-11-2-3-14(23)19(18(11)24)33-13-5-10(9-28)4-12(22)7-13/h2-5,7-8H,6H2,1H3. The summed E-state index contributed by atoms with van der Waals surface area (Å²) >= 11 is 12.0. The lowest BCUT2D eigenvalue weighted by Gasteiger charge is -2.11. The molecule has 0 saturated heterocycles. The molecule has 0 aliphatic carbocycles. The summed E-state index contributed by atoms with van der Waals surface area (Å²) in [5.41, 5.74) is -0.896. The maximum atomic E-state index is 15.2. The molecule has 0 aliphatic rings. The van der Waals surface area contributed by atoms with Crippen LogP contribution >= 0.6 is 23.2 Å². The summed E-state index contributed by atoms with van der Waals surface area (Å²) in [7, 11) is 1.30. The third kappa shape index (κ3) is 4.83. The number of nitriles is 1. The number of rotatable bonds is 5. The van der Waals surface area contributed by atoms with E-state index >= 15 is 4.39 Å². The topological polar surface area (TPSA) is 89.8 Å². The van der Waals surface area contributed by atoms with Crippen molar-refractivity contribution in [1.29, 1.82) is 5.26 Å². The van der Waals surface area contributed by atoms with E-state index in [0.717, 1.165) is 10.7 Å². The first-order valence-corrected chi connectivity index (χ1v) is 10.1. The molecule has 0 spiro atoms. The molecule has 2 aromatic heterocycles. The van der Waals surface area contributed by atoms with E-state index in [0.29, 0.717) is 0 Å². The largest absolute Gasteiger partial charge is 0.453 e. The van der Waals surface area contributed by atoms with Crippen LogP contribution in [0.3, 0.4) is 0 Å². The Morgan fingerprint density at radius 2 is 1.91 bits per heavy atom. The predicted octanol–water partition coefficient (Wildman–Crippen LogP) is 6.19. The Morgan fingerprint density at radius 3 is 2.59 bits per heavy atom. The number of hydrogen-bond donors (Lipinski definition) is 0. The third-order valence-electron chi connectivity index (χ3n) is 4.55. The molecule has 0 bridgehead atoms. The van der Waals surface area contributed by atoms with Gasteiger partial charge in [0.25, 0.3) is 5.89 Å². The molecule has 34 heavy (non-hydrogen) atoms. The first kappa shape index (κ1) is 23.5. The average molecular weight is 512 g/mol. The summed E-state index contributed by atoms with van der Waals surface area (Å²) in [6.45, 7) is 0. The molecule has 7 nitrogen and oxygen atoms in total. The second-order valence-electron chi connectivity index (χ2n) is 6.95. The average Bonchev–Trinajstić information content (AvgIpc) is 3.39. The minimum absolute atomic E-state index is 0.0412.